The van der Waals surface area contributed by atoms with E-state index in [-0.39, 0.29) is 0 Å². The van der Waals surface area contributed by atoms with Crippen molar-refractivity contribution in [3.63, 3.8) is 0 Å². The maximum atomic E-state index is 9.99. The Bertz CT molecular complexity index is 233. The summed E-state index contributed by atoms with van der Waals surface area (Å²) < 4.78 is 0. The van der Waals surface area contributed by atoms with Gasteiger partial charge in [-0.25, -0.2) is 0 Å². The largest absolute Gasteiger partial charge is 0.389 e. The number of rotatable bonds is 6. The topological polar surface area (TPSA) is 52.7 Å². The van der Waals surface area contributed by atoms with Crippen LogP contribution in [-0.4, -0.2) is 66.8 Å². The number of nitrogens with zero attached hydrogens (tertiary/aromatic N) is 2. The quantitative estimate of drug-likeness (QED) is 0.707. The molecule has 1 rings (SSSR count). The average Bonchev–Trinajstić information content (AvgIpc) is 2.63. The number of nitrogens with two attached hydrogens (primary N) is 1. The first kappa shape index (κ1) is 14.9. The summed E-state index contributed by atoms with van der Waals surface area (Å²) in [5.41, 5.74) is 4.83. The molecule has 0 aromatic heterocycles. The van der Waals surface area contributed by atoms with E-state index in [2.05, 4.69) is 30.8 Å². The zero-order valence-corrected chi connectivity index (χ0v) is 11.8. The molecule has 0 aromatic rings. The minimum Gasteiger partial charge on any atom is -0.389 e. The van der Waals surface area contributed by atoms with Crippen LogP contribution in [0.25, 0.3) is 0 Å². The van der Waals surface area contributed by atoms with E-state index >= 15 is 0 Å². The maximum Gasteiger partial charge on any atom is 0.0756 e. The lowest BCUT2D eigenvalue weighted by atomic mass is 9.96. The summed E-state index contributed by atoms with van der Waals surface area (Å²) in [6.45, 7) is 7.85. The van der Waals surface area contributed by atoms with Crippen LogP contribution in [0, 0.1) is 5.92 Å². The van der Waals surface area contributed by atoms with Crippen molar-refractivity contribution >= 4 is 0 Å². The molecule has 4 heteroatoms. The van der Waals surface area contributed by atoms with Crippen LogP contribution in [0.3, 0.4) is 0 Å². The average molecular weight is 243 g/mol. The highest BCUT2D eigenvalue weighted by molar-refractivity contribution is 4.82. The Morgan fingerprint density at radius 1 is 1.59 bits per heavy atom. The Hall–Kier alpha value is -0.160. The van der Waals surface area contributed by atoms with E-state index in [0.717, 1.165) is 18.9 Å². The fourth-order valence-electron chi connectivity index (χ4n) is 2.64. The van der Waals surface area contributed by atoms with Gasteiger partial charge < -0.3 is 20.6 Å². The molecule has 0 saturated carbocycles. The molecule has 0 spiro atoms. The molecule has 1 saturated heterocycles. The molecule has 0 aromatic carbocycles. The molecule has 3 atom stereocenters. The van der Waals surface area contributed by atoms with Crippen molar-refractivity contribution in [2.45, 2.75) is 38.3 Å². The van der Waals surface area contributed by atoms with E-state index in [4.69, 9.17) is 5.73 Å². The summed E-state index contributed by atoms with van der Waals surface area (Å²) in [6, 6.07) is 0.374. The van der Waals surface area contributed by atoms with E-state index in [1.165, 1.54) is 19.5 Å². The van der Waals surface area contributed by atoms with Gasteiger partial charge in [-0.2, -0.15) is 0 Å². The molecule has 0 radical (unpaired) electrons. The van der Waals surface area contributed by atoms with Crippen molar-refractivity contribution in [2.75, 3.05) is 40.3 Å². The third kappa shape index (κ3) is 4.92. The molecule has 1 aliphatic rings. The Balaban J connectivity index is 2.34. The normalized spacial score (nSPS) is 27.4. The Kier molecular flexibility index (Phi) is 5.38. The molecular formula is C13H29N3O. The lowest BCUT2D eigenvalue weighted by Crippen LogP contribution is -2.43. The molecule has 3 N–H and O–H groups in total. The molecule has 17 heavy (non-hydrogen) atoms. The molecule has 4 nitrogen and oxygen atoms in total. The third-order valence-corrected chi connectivity index (χ3v) is 3.96. The highest BCUT2D eigenvalue weighted by Gasteiger charge is 2.26. The van der Waals surface area contributed by atoms with E-state index < -0.39 is 5.60 Å². The van der Waals surface area contributed by atoms with Crippen molar-refractivity contribution in [1.82, 2.24) is 9.80 Å². The van der Waals surface area contributed by atoms with Crippen LogP contribution < -0.4 is 5.73 Å². The van der Waals surface area contributed by atoms with Gasteiger partial charge in [0.15, 0.2) is 0 Å². The smallest absolute Gasteiger partial charge is 0.0756 e. The third-order valence-electron chi connectivity index (χ3n) is 3.96. The summed E-state index contributed by atoms with van der Waals surface area (Å²) >= 11 is 0. The zero-order valence-electron chi connectivity index (χ0n) is 11.8. The van der Waals surface area contributed by atoms with Crippen LogP contribution in [0.2, 0.25) is 0 Å². The number of aliphatic hydroxyl groups is 1. The van der Waals surface area contributed by atoms with Crippen molar-refractivity contribution in [3.8, 4) is 0 Å². The van der Waals surface area contributed by atoms with Gasteiger partial charge in [-0.3, -0.25) is 0 Å². The van der Waals surface area contributed by atoms with E-state index in [1.54, 1.807) is 0 Å². The second-order valence-corrected chi connectivity index (χ2v) is 6.11. The van der Waals surface area contributed by atoms with E-state index in [9.17, 15) is 5.11 Å². The molecule has 0 bridgehead atoms. The van der Waals surface area contributed by atoms with Crippen LogP contribution in [0.5, 0.6) is 0 Å². The minimum atomic E-state index is -0.736. The molecular weight excluding hydrogens is 214 g/mol. The molecule has 0 amide bonds. The van der Waals surface area contributed by atoms with E-state index in [0.29, 0.717) is 12.6 Å². The van der Waals surface area contributed by atoms with Crippen LogP contribution in [0.1, 0.15) is 26.7 Å². The molecule has 1 aliphatic heterocycles. The van der Waals surface area contributed by atoms with Crippen molar-refractivity contribution in [3.05, 3.63) is 0 Å². The second-order valence-electron chi connectivity index (χ2n) is 6.11. The first-order chi connectivity index (χ1) is 7.84. The SMILES string of the molecule is CC(CC(C)(O)CN)N(C)CC1CCN(C)C1. The highest BCUT2D eigenvalue weighted by atomic mass is 16.3. The van der Waals surface area contributed by atoms with Crippen molar-refractivity contribution in [1.29, 1.82) is 0 Å². The number of hydrogen-bond acceptors (Lipinski definition) is 4. The summed E-state index contributed by atoms with van der Waals surface area (Å²) in [5, 5.41) is 9.99. The van der Waals surface area contributed by atoms with Gasteiger partial charge in [-0.05, 0) is 53.2 Å². The minimum absolute atomic E-state index is 0.331. The van der Waals surface area contributed by atoms with E-state index in [1.807, 2.05) is 6.92 Å². The summed E-state index contributed by atoms with van der Waals surface area (Å²) in [4.78, 5) is 4.74. The van der Waals surface area contributed by atoms with Gasteiger partial charge in [0.1, 0.15) is 0 Å². The Morgan fingerprint density at radius 2 is 2.24 bits per heavy atom. The summed E-state index contributed by atoms with van der Waals surface area (Å²) in [7, 11) is 4.33. The maximum absolute atomic E-state index is 9.99. The van der Waals surface area contributed by atoms with Crippen LogP contribution in [-0.2, 0) is 0 Å². The first-order valence-electron chi connectivity index (χ1n) is 6.65. The molecule has 1 fully saturated rings. The lowest BCUT2D eigenvalue weighted by Gasteiger charge is -2.32. The predicted octanol–water partition coefficient (Wildman–Crippen LogP) is 0.358. The molecule has 1 heterocycles. The van der Waals surface area contributed by atoms with Gasteiger partial charge >= 0.3 is 0 Å². The zero-order chi connectivity index (χ0) is 13.1. The van der Waals surface area contributed by atoms with Crippen molar-refractivity contribution < 1.29 is 5.11 Å². The Morgan fingerprint density at radius 3 is 2.71 bits per heavy atom. The summed E-state index contributed by atoms with van der Waals surface area (Å²) in [5.74, 6) is 0.773. The van der Waals surface area contributed by atoms with Gasteiger partial charge in [-0.15, -0.1) is 0 Å². The van der Waals surface area contributed by atoms with Gasteiger partial charge in [0.05, 0.1) is 5.60 Å². The van der Waals surface area contributed by atoms with Crippen LogP contribution >= 0.6 is 0 Å². The van der Waals surface area contributed by atoms with Gasteiger partial charge in [-0.1, -0.05) is 0 Å². The van der Waals surface area contributed by atoms with Gasteiger partial charge in [0.25, 0.3) is 0 Å². The number of hydrogen-bond donors (Lipinski definition) is 2. The van der Waals surface area contributed by atoms with Crippen molar-refractivity contribution in [2.24, 2.45) is 11.7 Å². The summed E-state index contributed by atoms with van der Waals surface area (Å²) in [6.07, 6.45) is 2.03. The fraction of sp³-hybridized carbons (Fsp3) is 1.00. The van der Waals surface area contributed by atoms with Crippen LogP contribution in [0.4, 0.5) is 0 Å². The second kappa shape index (κ2) is 6.14. The fourth-order valence-corrected chi connectivity index (χ4v) is 2.64. The first-order valence-corrected chi connectivity index (χ1v) is 6.65. The highest BCUT2D eigenvalue weighted by Crippen LogP contribution is 2.19. The van der Waals surface area contributed by atoms with Crippen LogP contribution in [0.15, 0.2) is 0 Å². The lowest BCUT2D eigenvalue weighted by molar-refractivity contribution is 0.0312. The number of likely N-dealkylation sites (tertiary alicyclic amines) is 1. The molecule has 0 aliphatic carbocycles. The molecule has 3 unspecified atom stereocenters. The molecule has 102 valence electrons. The van der Waals surface area contributed by atoms with Gasteiger partial charge in [0, 0.05) is 25.7 Å². The monoisotopic (exact) mass is 243 g/mol. The predicted molar refractivity (Wildman–Crippen MR) is 72.0 cm³/mol. The van der Waals surface area contributed by atoms with Gasteiger partial charge in [0.2, 0.25) is 0 Å². The Labute approximate surface area is 106 Å². The standard InChI is InChI=1S/C13H29N3O/c1-11(7-13(2,17)10-14)16(4)9-12-5-6-15(3)8-12/h11-12,17H,5-10,14H2,1-4H3.